The Morgan fingerprint density at radius 2 is 2.05 bits per heavy atom. The standard InChI is InChI=1S/C13H14N6O2/c1-20-10-4-3-9(5-11(10)21-2)13-16-12(17-18-13)6-19-8-14-7-15-19/h3-5,7-8H,6H2,1-2H3,(H,16,17,18). The molecule has 1 N–H and O–H groups in total. The van der Waals surface area contributed by atoms with Crippen molar-refractivity contribution >= 4 is 0 Å². The van der Waals surface area contributed by atoms with E-state index < -0.39 is 0 Å². The fourth-order valence-electron chi connectivity index (χ4n) is 1.94. The normalized spacial score (nSPS) is 10.6. The molecule has 0 spiro atoms. The van der Waals surface area contributed by atoms with Crippen molar-refractivity contribution in [2.45, 2.75) is 6.54 Å². The molecule has 108 valence electrons. The summed E-state index contributed by atoms with van der Waals surface area (Å²) in [6.07, 6.45) is 3.10. The van der Waals surface area contributed by atoms with Crippen LogP contribution in [0.5, 0.6) is 11.5 Å². The molecule has 0 bridgehead atoms. The number of methoxy groups -OCH3 is 2. The number of nitrogens with one attached hydrogen (secondary N) is 1. The van der Waals surface area contributed by atoms with Gasteiger partial charge in [0, 0.05) is 5.56 Å². The Balaban J connectivity index is 1.85. The number of rotatable bonds is 5. The van der Waals surface area contributed by atoms with Crippen LogP contribution in [0.3, 0.4) is 0 Å². The predicted octanol–water partition coefficient (Wildman–Crippen LogP) is 1.13. The first kappa shape index (κ1) is 13.1. The highest BCUT2D eigenvalue weighted by Crippen LogP contribution is 2.30. The van der Waals surface area contributed by atoms with Crippen LogP contribution in [-0.2, 0) is 6.54 Å². The van der Waals surface area contributed by atoms with Gasteiger partial charge in [-0.15, -0.1) is 0 Å². The Hall–Kier alpha value is -2.90. The molecule has 0 fully saturated rings. The van der Waals surface area contributed by atoms with Crippen LogP contribution in [0, 0.1) is 0 Å². The second kappa shape index (κ2) is 5.61. The molecule has 0 radical (unpaired) electrons. The van der Waals surface area contributed by atoms with Crippen LogP contribution in [0.25, 0.3) is 11.4 Å². The molecule has 2 aromatic heterocycles. The largest absolute Gasteiger partial charge is 0.493 e. The summed E-state index contributed by atoms with van der Waals surface area (Å²) in [5.74, 6) is 2.59. The minimum absolute atomic E-state index is 0.486. The van der Waals surface area contributed by atoms with Gasteiger partial charge in [-0.2, -0.15) is 10.2 Å². The van der Waals surface area contributed by atoms with Gasteiger partial charge in [0.1, 0.15) is 25.0 Å². The van der Waals surface area contributed by atoms with Crippen LogP contribution in [0.15, 0.2) is 30.9 Å². The molecule has 0 saturated carbocycles. The maximum absolute atomic E-state index is 5.28. The first-order chi connectivity index (χ1) is 10.3. The van der Waals surface area contributed by atoms with Gasteiger partial charge in [-0.25, -0.2) is 14.6 Å². The summed E-state index contributed by atoms with van der Waals surface area (Å²) in [6.45, 7) is 0.486. The maximum atomic E-state index is 5.28. The van der Waals surface area contributed by atoms with Gasteiger partial charge < -0.3 is 9.47 Å². The van der Waals surface area contributed by atoms with Crippen molar-refractivity contribution in [3.63, 3.8) is 0 Å². The molecule has 1 aromatic carbocycles. The molecular formula is C13H14N6O2. The highest BCUT2D eigenvalue weighted by atomic mass is 16.5. The lowest BCUT2D eigenvalue weighted by atomic mass is 10.2. The molecular weight excluding hydrogens is 272 g/mol. The van der Waals surface area contributed by atoms with E-state index in [-0.39, 0.29) is 0 Å². The van der Waals surface area contributed by atoms with E-state index in [1.54, 1.807) is 25.2 Å². The third kappa shape index (κ3) is 2.69. The molecule has 0 aliphatic heterocycles. The van der Waals surface area contributed by atoms with Gasteiger partial charge >= 0.3 is 0 Å². The highest BCUT2D eigenvalue weighted by Gasteiger charge is 2.10. The van der Waals surface area contributed by atoms with E-state index in [2.05, 4.69) is 25.3 Å². The summed E-state index contributed by atoms with van der Waals surface area (Å²) in [5.41, 5.74) is 0.841. The van der Waals surface area contributed by atoms with Gasteiger partial charge in [0.05, 0.1) is 14.2 Å². The monoisotopic (exact) mass is 286 g/mol. The fraction of sp³-hybridized carbons (Fsp3) is 0.231. The summed E-state index contributed by atoms with van der Waals surface area (Å²) in [5, 5.41) is 11.1. The maximum Gasteiger partial charge on any atom is 0.181 e. The van der Waals surface area contributed by atoms with Crippen molar-refractivity contribution in [3.05, 3.63) is 36.7 Å². The van der Waals surface area contributed by atoms with E-state index >= 15 is 0 Å². The second-order valence-corrected chi connectivity index (χ2v) is 4.27. The van der Waals surface area contributed by atoms with Crippen LogP contribution in [0.1, 0.15) is 5.82 Å². The van der Waals surface area contributed by atoms with E-state index in [9.17, 15) is 0 Å². The third-order valence-electron chi connectivity index (χ3n) is 2.95. The minimum Gasteiger partial charge on any atom is -0.493 e. The lowest BCUT2D eigenvalue weighted by molar-refractivity contribution is 0.355. The van der Waals surface area contributed by atoms with Gasteiger partial charge in [-0.3, -0.25) is 5.10 Å². The fourth-order valence-corrected chi connectivity index (χ4v) is 1.94. The first-order valence-corrected chi connectivity index (χ1v) is 6.26. The summed E-state index contributed by atoms with van der Waals surface area (Å²) in [7, 11) is 3.19. The molecule has 0 aliphatic carbocycles. The summed E-state index contributed by atoms with van der Waals surface area (Å²) in [6, 6.07) is 5.53. The number of hydrogen-bond acceptors (Lipinski definition) is 6. The van der Waals surface area contributed by atoms with Gasteiger partial charge in [-0.1, -0.05) is 0 Å². The Morgan fingerprint density at radius 3 is 2.76 bits per heavy atom. The number of nitrogens with zero attached hydrogens (tertiary/aromatic N) is 5. The van der Waals surface area contributed by atoms with E-state index in [0.717, 1.165) is 5.56 Å². The van der Waals surface area contributed by atoms with E-state index in [0.29, 0.717) is 29.7 Å². The molecule has 0 atom stereocenters. The van der Waals surface area contributed by atoms with Crippen molar-refractivity contribution in [1.82, 2.24) is 29.9 Å². The van der Waals surface area contributed by atoms with Gasteiger partial charge in [0.2, 0.25) is 0 Å². The third-order valence-corrected chi connectivity index (χ3v) is 2.95. The van der Waals surface area contributed by atoms with E-state index in [1.165, 1.54) is 6.33 Å². The quantitative estimate of drug-likeness (QED) is 0.756. The van der Waals surface area contributed by atoms with Crippen molar-refractivity contribution < 1.29 is 9.47 Å². The van der Waals surface area contributed by atoms with Gasteiger partial charge in [0.15, 0.2) is 17.3 Å². The van der Waals surface area contributed by atoms with Crippen LogP contribution in [0.2, 0.25) is 0 Å². The molecule has 0 unspecified atom stereocenters. The SMILES string of the molecule is COc1ccc(-c2n[nH]c(Cn3cncn3)n2)cc1OC. The number of benzene rings is 1. The minimum atomic E-state index is 0.486. The topological polar surface area (TPSA) is 90.7 Å². The molecule has 21 heavy (non-hydrogen) atoms. The number of hydrogen-bond donors (Lipinski definition) is 1. The zero-order valence-electron chi connectivity index (χ0n) is 11.6. The average molecular weight is 286 g/mol. The first-order valence-electron chi connectivity index (χ1n) is 6.26. The van der Waals surface area contributed by atoms with E-state index in [1.807, 2.05) is 18.2 Å². The number of aromatic nitrogens is 6. The average Bonchev–Trinajstić information content (AvgIpc) is 3.19. The van der Waals surface area contributed by atoms with Crippen LogP contribution in [0.4, 0.5) is 0 Å². The molecule has 0 aliphatic rings. The van der Waals surface area contributed by atoms with Gasteiger partial charge in [0.25, 0.3) is 0 Å². The lowest BCUT2D eigenvalue weighted by Crippen LogP contribution is -2.01. The molecule has 2 heterocycles. The Morgan fingerprint density at radius 1 is 1.19 bits per heavy atom. The second-order valence-electron chi connectivity index (χ2n) is 4.27. The molecule has 8 nitrogen and oxygen atoms in total. The molecule has 3 rings (SSSR count). The highest BCUT2D eigenvalue weighted by molar-refractivity contribution is 5.60. The van der Waals surface area contributed by atoms with Crippen molar-refractivity contribution in [2.75, 3.05) is 14.2 Å². The Bertz CT molecular complexity index is 722. The summed E-state index contributed by atoms with van der Waals surface area (Å²) >= 11 is 0. The van der Waals surface area contributed by atoms with Crippen molar-refractivity contribution in [2.24, 2.45) is 0 Å². The van der Waals surface area contributed by atoms with Crippen molar-refractivity contribution in [3.8, 4) is 22.9 Å². The molecule has 0 amide bonds. The molecule has 8 heteroatoms. The van der Waals surface area contributed by atoms with Crippen LogP contribution >= 0.6 is 0 Å². The molecule has 0 saturated heterocycles. The number of H-pyrrole nitrogens is 1. The zero-order chi connectivity index (χ0) is 14.7. The lowest BCUT2D eigenvalue weighted by Gasteiger charge is -2.07. The van der Waals surface area contributed by atoms with E-state index in [4.69, 9.17) is 9.47 Å². The van der Waals surface area contributed by atoms with Crippen LogP contribution < -0.4 is 9.47 Å². The number of aromatic amines is 1. The van der Waals surface area contributed by atoms with Gasteiger partial charge in [-0.05, 0) is 18.2 Å². The number of ether oxygens (including phenoxy) is 2. The molecule has 3 aromatic rings. The summed E-state index contributed by atoms with van der Waals surface area (Å²) < 4.78 is 12.2. The zero-order valence-corrected chi connectivity index (χ0v) is 11.6. The Labute approximate surface area is 120 Å². The van der Waals surface area contributed by atoms with Crippen LogP contribution in [-0.4, -0.2) is 44.2 Å². The predicted molar refractivity (Wildman–Crippen MR) is 74.0 cm³/mol. The van der Waals surface area contributed by atoms with Crippen molar-refractivity contribution in [1.29, 1.82) is 0 Å². The smallest absolute Gasteiger partial charge is 0.181 e. The summed E-state index contributed by atoms with van der Waals surface area (Å²) in [4.78, 5) is 8.32. The Kier molecular flexibility index (Phi) is 3.50.